The molecule has 2 atom stereocenters. The minimum Gasteiger partial charge on any atom is -0.449 e. The summed E-state index contributed by atoms with van der Waals surface area (Å²) in [6, 6.07) is 3.40. The Bertz CT molecular complexity index is 1210. The van der Waals surface area contributed by atoms with Gasteiger partial charge in [0.05, 0.1) is 24.4 Å². The molecule has 0 fully saturated rings. The SMILES string of the molecule is CCOC(=O)N1C=CC(C)(NC(=O)[C@@H]2CCc3c(-c4cc(OC(F)F)ccc4F)nn(C(C)C)c3C2)C1. The summed E-state index contributed by atoms with van der Waals surface area (Å²) < 4.78 is 51.5. The molecule has 2 amide bonds. The third-order valence-electron chi connectivity index (χ3n) is 6.61. The van der Waals surface area contributed by atoms with Gasteiger partial charge in [0, 0.05) is 41.4 Å². The number of carbonyl (C=O) groups is 2. The first-order valence-corrected chi connectivity index (χ1v) is 12.3. The van der Waals surface area contributed by atoms with E-state index >= 15 is 0 Å². The summed E-state index contributed by atoms with van der Waals surface area (Å²) in [5.41, 5.74) is 1.33. The zero-order chi connectivity index (χ0) is 26.9. The number of benzene rings is 1. The fourth-order valence-electron chi connectivity index (χ4n) is 4.88. The Morgan fingerprint density at radius 2 is 2.05 bits per heavy atom. The van der Waals surface area contributed by atoms with Crippen molar-refractivity contribution in [2.75, 3.05) is 13.2 Å². The van der Waals surface area contributed by atoms with Crippen LogP contribution in [0.25, 0.3) is 11.3 Å². The second-order valence-corrected chi connectivity index (χ2v) is 9.82. The van der Waals surface area contributed by atoms with Crippen LogP contribution in [-0.4, -0.2) is 52.0 Å². The Morgan fingerprint density at radius 1 is 1.30 bits per heavy atom. The van der Waals surface area contributed by atoms with Crippen LogP contribution in [-0.2, 0) is 22.4 Å². The number of ether oxygens (including phenoxy) is 2. The molecule has 1 aromatic heterocycles. The van der Waals surface area contributed by atoms with Crippen LogP contribution in [0.2, 0.25) is 0 Å². The van der Waals surface area contributed by atoms with Crippen molar-refractivity contribution in [1.29, 1.82) is 0 Å². The minimum atomic E-state index is -3.03. The summed E-state index contributed by atoms with van der Waals surface area (Å²) in [6.45, 7) is 4.92. The van der Waals surface area contributed by atoms with Crippen molar-refractivity contribution < 1.29 is 32.2 Å². The van der Waals surface area contributed by atoms with E-state index in [4.69, 9.17) is 4.74 Å². The van der Waals surface area contributed by atoms with Crippen LogP contribution in [0, 0.1) is 11.7 Å². The molecule has 11 heteroatoms. The van der Waals surface area contributed by atoms with Gasteiger partial charge in [-0.2, -0.15) is 13.9 Å². The second kappa shape index (κ2) is 10.5. The van der Waals surface area contributed by atoms with Crippen molar-refractivity contribution >= 4 is 12.0 Å². The molecular weight excluding hydrogens is 489 g/mol. The Hall–Kier alpha value is -3.50. The number of rotatable bonds is 7. The number of hydrogen-bond donors (Lipinski definition) is 1. The molecule has 1 unspecified atom stereocenters. The van der Waals surface area contributed by atoms with Crippen molar-refractivity contribution in [3.05, 3.63) is 47.5 Å². The highest BCUT2D eigenvalue weighted by Gasteiger charge is 2.37. The first kappa shape index (κ1) is 26.6. The van der Waals surface area contributed by atoms with E-state index in [2.05, 4.69) is 15.2 Å². The van der Waals surface area contributed by atoms with Crippen molar-refractivity contribution in [2.45, 2.75) is 65.1 Å². The number of nitrogens with one attached hydrogen (secondary N) is 1. The van der Waals surface area contributed by atoms with E-state index in [0.717, 1.165) is 23.4 Å². The van der Waals surface area contributed by atoms with E-state index in [0.29, 0.717) is 25.0 Å². The van der Waals surface area contributed by atoms with Gasteiger partial charge in [-0.1, -0.05) is 0 Å². The molecule has 1 aromatic carbocycles. The highest BCUT2D eigenvalue weighted by molar-refractivity contribution is 5.81. The number of hydrogen-bond acceptors (Lipinski definition) is 5. The highest BCUT2D eigenvalue weighted by Crippen LogP contribution is 2.37. The lowest BCUT2D eigenvalue weighted by Gasteiger charge is -2.30. The smallest absolute Gasteiger partial charge is 0.413 e. The van der Waals surface area contributed by atoms with Gasteiger partial charge in [-0.25, -0.2) is 9.18 Å². The maximum atomic E-state index is 14.8. The molecule has 1 aliphatic heterocycles. The van der Waals surface area contributed by atoms with Gasteiger partial charge in [-0.15, -0.1) is 0 Å². The van der Waals surface area contributed by atoms with Gasteiger partial charge in [0.15, 0.2) is 0 Å². The molecule has 0 saturated heterocycles. The molecule has 0 saturated carbocycles. The third-order valence-corrected chi connectivity index (χ3v) is 6.61. The summed E-state index contributed by atoms with van der Waals surface area (Å²) in [5, 5.41) is 7.69. The van der Waals surface area contributed by atoms with Gasteiger partial charge in [0.1, 0.15) is 11.6 Å². The molecule has 0 spiro atoms. The lowest BCUT2D eigenvalue weighted by Crippen LogP contribution is -2.51. The molecule has 2 aliphatic rings. The maximum absolute atomic E-state index is 14.8. The zero-order valence-electron chi connectivity index (χ0n) is 21.3. The molecule has 37 heavy (non-hydrogen) atoms. The van der Waals surface area contributed by atoms with E-state index in [1.165, 1.54) is 11.0 Å². The van der Waals surface area contributed by atoms with Crippen LogP contribution >= 0.6 is 0 Å². The van der Waals surface area contributed by atoms with Crippen molar-refractivity contribution in [2.24, 2.45) is 5.92 Å². The first-order chi connectivity index (χ1) is 17.5. The van der Waals surface area contributed by atoms with E-state index in [1.807, 2.05) is 20.8 Å². The van der Waals surface area contributed by atoms with E-state index in [-0.39, 0.29) is 42.3 Å². The lowest BCUT2D eigenvalue weighted by atomic mass is 9.84. The van der Waals surface area contributed by atoms with Crippen LogP contribution in [0.3, 0.4) is 0 Å². The number of amides is 2. The third kappa shape index (κ3) is 5.60. The van der Waals surface area contributed by atoms with Crippen LogP contribution in [0.1, 0.15) is 51.4 Å². The van der Waals surface area contributed by atoms with E-state index < -0.39 is 24.1 Å². The van der Waals surface area contributed by atoms with Crippen LogP contribution in [0.5, 0.6) is 5.75 Å². The Labute approximate surface area is 213 Å². The maximum Gasteiger partial charge on any atom is 0.413 e. The summed E-state index contributed by atoms with van der Waals surface area (Å²) in [7, 11) is 0. The van der Waals surface area contributed by atoms with Crippen molar-refractivity contribution in [3.8, 4) is 17.0 Å². The fourth-order valence-corrected chi connectivity index (χ4v) is 4.88. The minimum absolute atomic E-state index is 0.0683. The van der Waals surface area contributed by atoms with Crippen LogP contribution in [0.4, 0.5) is 18.0 Å². The predicted octanol–water partition coefficient (Wildman–Crippen LogP) is 4.84. The van der Waals surface area contributed by atoms with Gasteiger partial charge in [-0.05, 0) is 64.8 Å². The summed E-state index contributed by atoms with van der Waals surface area (Å²) in [4.78, 5) is 26.7. The number of alkyl halides is 2. The molecule has 2 heterocycles. The second-order valence-electron chi connectivity index (χ2n) is 9.82. The summed E-state index contributed by atoms with van der Waals surface area (Å²) >= 11 is 0. The standard InChI is InChI=1S/C26H31F3N4O4/c1-5-36-25(35)32-11-10-26(4,14-32)30-23(34)16-6-8-18-21(12-16)33(15(2)3)31-22(18)19-13-17(37-24(28)29)7-9-20(19)27/h7,9-11,13,15-16,24H,5-6,8,12,14H2,1-4H3,(H,30,34)/t16-,26?/m1/s1. The van der Waals surface area contributed by atoms with Crippen molar-refractivity contribution in [1.82, 2.24) is 20.0 Å². The Kier molecular flexibility index (Phi) is 7.52. The average molecular weight is 521 g/mol. The number of halogens is 3. The molecule has 2 aromatic rings. The molecule has 0 radical (unpaired) electrons. The molecular formula is C26H31F3N4O4. The highest BCUT2D eigenvalue weighted by atomic mass is 19.3. The monoisotopic (exact) mass is 520 g/mol. The predicted molar refractivity (Wildman–Crippen MR) is 130 cm³/mol. The fraction of sp³-hybridized carbons (Fsp3) is 0.500. The average Bonchev–Trinajstić information content (AvgIpc) is 3.41. The summed E-state index contributed by atoms with van der Waals surface area (Å²) in [6.07, 6.45) is 4.27. The molecule has 1 aliphatic carbocycles. The van der Waals surface area contributed by atoms with Gasteiger partial charge in [0.25, 0.3) is 0 Å². The molecule has 200 valence electrons. The van der Waals surface area contributed by atoms with Gasteiger partial charge in [-0.3, -0.25) is 14.4 Å². The largest absolute Gasteiger partial charge is 0.449 e. The molecule has 0 bridgehead atoms. The normalized spacial score (nSPS) is 20.9. The van der Waals surface area contributed by atoms with E-state index in [1.54, 1.807) is 23.9 Å². The number of nitrogens with zero attached hydrogens (tertiary/aromatic N) is 3. The van der Waals surface area contributed by atoms with Gasteiger partial charge >= 0.3 is 12.7 Å². The zero-order valence-corrected chi connectivity index (χ0v) is 21.3. The summed E-state index contributed by atoms with van der Waals surface area (Å²) in [5.74, 6) is -1.25. The first-order valence-electron chi connectivity index (χ1n) is 12.3. The lowest BCUT2D eigenvalue weighted by molar-refractivity contribution is -0.126. The molecule has 1 N–H and O–H groups in total. The quantitative estimate of drug-likeness (QED) is 0.565. The molecule has 4 rings (SSSR count). The Balaban J connectivity index is 1.55. The van der Waals surface area contributed by atoms with E-state index in [9.17, 15) is 22.8 Å². The number of aromatic nitrogens is 2. The Morgan fingerprint density at radius 3 is 2.73 bits per heavy atom. The number of carbonyl (C=O) groups excluding carboxylic acids is 2. The molecule has 8 nitrogen and oxygen atoms in total. The number of fused-ring (bicyclic) bond motifs is 1. The van der Waals surface area contributed by atoms with Crippen LogP contribution in [0.15, 0.2) is 30.5 Å². The topological polar surface area (TPSA) is 85.7 Å². The van der Waals surface area contributed by atoms with Gasteiger partial charge in [0.2, 0.25) is 5.91 Å². The van der Waals surface area contributed by atoms with Crippen molar-refractivity contribution in [3.63, 3.8) is 0 Å². The van der Waals surface area contributed by atoms with Gasteiger partial charge < -0.3 is 14.8 Å². The van der Waals surface area contributed by atoms with Crippen LogP contribution < -0.4 is 10.1 Å².